The summed E-state index contributed by atoms with van der Waals surface area (Å²) in [4.78, 5) is 17.8. The maximum Gasteiger partial charge on any atom is 0.252 e. The van der Waals surface area contributed by atoms with Crippen molar-refractivity contribution in [2.75, 3.05) is 0 Å². The van der Waals surface area contributed by atoms with E-state index in [-0.39, 0.29) is 12.5 Å². The first-order chi connectivity index (χ1) is 12.7. The van der Waals surface area contributed by atoms with Crippen molar-refractivity contribution < 1.29 is 13.8 Å². The van der Waals surface area contributed by atoms with Crippen LogP contribution in [0.25, 0.3) is 0 Å². The SMILES string of the molecule is Cc1cc(CSc2ccccc2C(=O)NCc2nc(C3CC3)no2)on1. The van der Waals surface area contributed by atoms with Crippen LogP contribution in [0.5, 0.6) is 0 Å². The molecule has 7 nitrogen and oxygen atoms in total. The fraction of sp³-hybridized carbons (Fsp3) is 0.333. The molecule has 0 atom stereocenters. The Morgan fingerprint density at radius 3 is 2.88 bits per heavy atom. The van der Waals surface area contributed by atoms with Gasteiger partial charge in [0.15, 0.2) is 5.82 Å². The van der Waals surface area contributed by atoms with Crippen LogP contribution in [0, 0.1) is 6.92 Å². The lowest BCUT2D eigenvalue weighted by molar-refractivity contribution is 0.0943. The molecular formula is C18H18N4O3S. The second-order valence-electron chi connectivity index (χ2n) is 6.22. The molecule has 0 saturated heterocycles. The number of carbonyl (C=O) groups excluding carboxylic acids is 1. The van der Waals surface area contributed by atoms with E-state index in [1.165, 1.54) is 11.8 Å². The first-order valence-electron chi connectivity index (χ1n) is 8.44. The van der Waals surface area contributed by atoms with Crippen molar-refractivity contribution in [3.63, 3.8) is 0 Å². The summed E-state index contributed by atoms with van der Waals surface area (Å²) in [5.41, 5.74) is 1.45. The maximum absolute atomic E-state index is 12.6. The van der Waals surface area contributed by atoms with Gasteiger partial charge >= 0.3 is 0 Å². The van der Waals surface area contributed by atoms with E-state index in [1.54, 1.807) is 6.07 Å². The Labute approximate surface area is 154 Å². The van der Waals surface area contributed by atoms with Gasteiger partial charge in [0, 0.05) is 16.9 Å². The van der Waals surface area contributed by atoms with Gasteiger partial charge in [-0.3, -0.25) is 4.79 Å². The van der Waals surface area contributed by atoms with E-state index in [4.69, 9.17) is 9.05 Å². The van der Waals surface area contributed by atoms with Gasteiger partial charge in [-0.05, 0) is 31.9 Å². The quantitative estimate of drug-likeness (QED) is 0.636. The van der Waals surface area contributed by atoms with Gasteiger partial charge in [0.05, 0.1) is 23.6 Å². The number of aryl methyl sites for hydroxylation is 1. The second-order valence-corrected chi connectivity index (χ2v) is 7.24. The molecule has 134 valence electrons. The largest absolute Gasteiger partial charge is 0.360 e. The zero-order valence-corrected chi connectivity index (χ0v) is 15.1. The predicted molar refractivity (Wildman–Crippen MR) is 94.7 cm³/mol. The number of carbonyl (C=O) groups is 1. The normalized spacial score (nSPS) is 13.7. The van der Waals surface area contributed by atoms with E-state index in [0.29, 0.717) is 23.1 Å². The van der Waals surface area contributed by atoms with Crippen molar-refractivity contribution in [3.8, 4) is 0 Å². The third kappa shape index (κ3) is 3.96. The Balaban J connectivity index is 1.38. The van der Waals surface area contributed by atoms with Crippen LogP contribution in [-0.4, -0.2) is 21.2 Å². The summed E-state index contributed by atoms with van der Waals surface area (Å²) in [7, 11) is 0. The number of benzene rings is 1. The lowest BCUT2D eigenvalue weighted by Crippen LogP contribution is -2.23. The lowest BCUT2D eigenvalue weighted by Gasteiger charge is -2.08. The molecule has 1 aliphatic rings. The van der Waals surface area contributed by atoms with Crippen LogP contribution in [0.4, 0.5) is 0 Å². The monoisotopic (exact) mass is 370 g/mol. The molecule has 1 aliphatic carbocycles. The third-order valence-electron chi connectivity index (χ3n) is 4.00. The van der Waals surface area contributed by atoms with Crippen LogP contribution in [0.2, 0.25) is 0 Å². The van der Waals surface area contributed by atoms with Crippen LogP contribution in [-0.2, 0) is 12.3 Å². The molecule has 4 rings (SSSR count). The summed E-state index contributed by atoms with van der Waals surface area (Å²) in [6, 6.07) is 9.36. The zero-order chi connectivity index (χ0) is 17.9. The number of aromatic nitrogens is 3. The molecule has 0 radical (unpaired) electrons. The van der Waals surface area contributed by atoms with Crippen LogP contribution in [0.3, 0.4) is 0 Å². The van der Waals surface area contributed by atoms with Crippen molar-refractivity contribution in [3.05, 3.63) is 59.1 Å². The highest BCUT2D eigenvalue weighted by Gasteiger charge is 2.28. The van der Waals surface area contributed by atoms with Gasteiger partial charge in [0.25, 0.3) is 5.91 Å². The van der Waals surface area contributed by atoms with Gasteiger partial charge < -0.3 is 14.4 Å². The maximum atomic E-state index is 12.6. The number of hydrogen-bond acceptors (Lipinski definition) is 7. The Kier molecular flexibility index (Phi) is 4.75. The molecule has 0 aliphatic heterocycles. The van der Waals surface area contributed by atoms with E-state index in [2.05, 4.69) is 20.6 Å². The molecule has 1 aromatic carbocycles. The smallest absolute Gasteiger partial charge is 0.252 e. The highest BCUT2D eigenvalue weighted by atomic mass is 32.2. The fourth-order valence-corrected chi connectivity index (χ4v) is 3.44. The summed E-state index contributed by atoms with van der Waals surface area (Å²) < 4.78 is 10.4. The highest BCUT2D eigenvalue weighted by Crippen LogP contribution is 2.38. The number of thioether (sulfide) groups is 1. The Morgan fingerprint density at radius 1 is 1.27 bits per heavy atom. The van der Waals surface area contributed by atoms with E-state index >= 15 is 0 Å². The van der Waals surface area contributed by atoms with Crippen LogP contribution < -0.4 is 5.32 Å². The van der Waals surface area contributed by atoms with Crippen LogP contribution in [0.15, 0.2) is 44.3 Å². The molecule has 1 amide bonds. The molecule has 8 heteroatoms. The minimum absolute atomic E-state index is 0.173. The molecule has 2 aromatic heterocycles. The molecule has 2 heterocycles. The molecule has 0 spiro atoms. The fourth-order valence-electron chi connectivity index (χ4n) is 2.51. The molecular weight excluding hydrogens is 352 g/mol. The molecule has 1 fully saturated rings. The molecule has 26 heavy (non-hydrogen) atoms. The van der Waals surface area contributed by atoms with Gasteiger partial charge in [-0.25, -0.2) is 0 Å². The van der Waals surface area contributed by atoms with Crippen molar-refractivity contribution in [1.82, 2.24) is 20.6 Å². The van der Waals surface area contributed by atoms with Crippen molar-refractivity contribution in [2.24, 2.45) is 0 Å². The standard InChI is InChI=1S/C18H18N4O3S/c1-11-8-13(24-21-11)10-26-15-5-3-2-4-14(15)18(23)19-9-16-20-17(22-25-16)12-6-7-12/h2-5,8,12H,6-7,9-10H2,1H3,(H,19,23). The number of amides is 1. The topological polar surface area (TPSA) is 94.1 Å². The van der Waals surface area contributed by atoms with Crippen molar-refractivity contribution in [2.45, 2.75) is 42.9 Å². The Morgan fingerprint density at radius 2 is 2.12 bits per heavy atom. The van der Waals surface area contributed by atoms with E-state index in [1.807, 2.05) is 31.2 Å². The number of hydrogen-bond donors (Lipinski definition) is 1. The second kappa shape index (κ2) is 7.33. The molecule has 1 N–H and O–H groups in total. The Hall–Kier alpha value is -2.61. The number of rotatable bonds is 7. The molecule has 0 bridgehead atoms. The van der Waals surface area contributed by atoms with E-state index < -0.39 is 0 Å². The van der Waals surface area contributed by atoms with Crippen LogP contribution >= 0.6 is 11.8 Å². The van der Waals surface area contributed by atoms with E-state index in [9.17, 15) is 4.79 Å². The zero-order valence-electron chi connectivity index (χ0n) is 14.3. The van der Waals surface area contributed by atoms with Crippen LogP contribution in [0.1, 0.15) is 52.3 Å². The van der Waals surface area contributed by atoms with Crippen molar-refractivity contribution in [1.29, 1.82) is 0 Å². The van der Waals surface area contributed by atoms with Crippen molar-refractivity contribution >= 4 is 17.7 Å². The summed E-state index contributed by atoms with van der Waals surface area (Å²) in [6.07, 6.45) is 2.22. The predicted octanol–water partition coefficient (Wildman–Crippen LogP) is 3.47. The van der Waals surface area contributed by atoms with Gasteiger partial charge in [0.1, 0.15) is 5.76 Å². The Bertz CT molecular complexity index is 917. The summed E-state index contributed by atoms with van der Waals surface area (Å²) in [5, 5.41) is 10.7. The first-order valence-corrected chi connectivity index (χ1v) is 9.42. The van der Waals surface area contributed by atoms with E-state index in [0.717, 1.165) is 35.0 Å². The number of nitrogens with zero attached hydrogens (tertiary/aromatic N) is 3. The summed E-state index contributed by atoms with van der Waals surface area (Å²) in [6.45, 7) is 2.10. The third-order valence-corrected chi connectivity index (χ3v) is 5.10. The first kappa shape index (κ1) is 16.8. The molecule has 0 unspecified atom stereocenters. The molecule has 1 saturated carbocycles. The molecule has 3 aromatic rings. The average Bonchev–Trinajstić information content (AvgIpc) is 3.25. The minimum atomic E-state index is -0.173. The summed E-state index contributed by atoms with van der Waals surface area (Å²) >= 11 is 1.53. The van der Waals surface area contributed by atoms with Gasteiger partial charge in [0.2, 0.25) is 5.89 Å². The average molecular weight is 370 g/mol. The summed E-state index contributed by atoms with van der Waals surface area (Å²) in [5.74, 6) is 2.82. The van der Waals surface area contributed by atoms with Gasteiger partial charge in [-0.15, -0.1) is 11.8 Å². The minimum Gasteiger partial charge on any atom is -0.360 e. The highest BCUT2D eigenvalue weighted by molar-refractivity contribution is 7.98. The number of nitrogens with one attached hydrogen (secondary N) is 1. The van der Waals surface area contributed by atoms with Gasteiger partial charge in [-0.1, -0.05) is 22.4 Å². The lowest BCUT2D eigenvalue weighted by atomic mass is 10.2. The van der Waals surface area contributed by atoms with Gasteiger partial charge in [-0.2, -0.15) is 4.98 Å².